The molecule has 0 spiro atoms. The normalized spacial score (nSPS) is 12.0. The van der Waals surface area contributed by atoms with Crippen molar-refractivity contribution in [1.29, 1.82) is 0 Å². The predicted molar refractivity (Wildman–Crippen MR) is 284 cm³/mol. The van der Waals surface area contributed by atoms with Crippen molar-refractivity contribution < 1.29 is 28.6 Å². The van der Waals surface area contributed by atoms with Crippen LogP contribution in [0.5, 0.6) is 0 Å². The molecular formula is C60H114O6. The predicted octanol–water partition coefficient (Wildman–Crippen LogP) is 19.7. The highest BCUT2D eigenvalue weighted by Gasteiger charge is 2.19. The van der Waals surface area contributed by atoms with E-state index in [2.05, 4.69) is 32.9 Å². The Morgan fingerprint density at radius 2 is 0.500 bits per heavy atom. The number of carbonyl (C=O) groups is 3. The summed E-state index contributed by atoms with van der Waals surface area (Å²) in [5.41, 5.74) is 0. The fourth-order valence-corrected chi connectivity index (χ4v) is 9.03. The molecular weight excluding hydrogens is 817 g/mol. The molecule has 0 aromatic rings. The van der Waals surface area contributed by atoms with E-state index in [1.807, 2.05) is 0 Å². The second-order valence-corrected chi connectivity index (χ2v) is 20.3. The molecule has 0 bridgehead atoms. The molecule has 0 aliphatic carbocycles. The molecule has 0 aromatic carbocycles. The Labute approximate surface area is 411 Å². The molecule has 0 aromatic heterocycles. The van der Waals surface area contributed by atoms with E-state index < -0.39 is 6.10 Å². The molecule has 6 heteroatoms. The van der Waals surface area contributed by atoms with Gasteiger partial charge in [-0.05, 0) is 44.9 Å². The average Bonchev–Trinajstić information content (AvgIpc) is 3.31. The highest BCUT2D eigenvalue weighted by molar-refractivity contribution is 5.71. The van der Waals surface area contributed by atoms with Crippen LogP contribution in [0.2, 0.25) is 0 Å². The molecule has 0 heterocycles. The number of carbonyl (C=O) groups excluding carboxylic acids is 3. The zero-order chi connectivity index (χ0) is 47.9. The third-order valence-electron chi connectivity index (χ3n) is 13.5. The van der Waals surface area contributed by atoms with Crippen LogP contribution < -0.4 is 0 Å². The number of hydrogen-bond acceptors (Lipinski definition) is 6. The lowest BCUT2D eigenvalue weighted by molar-refractivity contribution is -0.167. The van der Waals surface area contributed by atoms with Gasteiger partial charge in [0.25, 0.3) is 0 Å². The summed E-state index contributed by atoms with van der Waals surface area (Å²) in [6.07, 6.45) is 63.6. The summed E-state index contributed by atoms with van der Waals surface area (Å²) in [6.45, 7) is 6.67. The summed E-state index contributed by atoms with van der Waals surface area (Å²) in [5, 5.41) is 0. The van der Waals surface area contributed by atoms with Gasteiger partial charge in [-0.2, -0.15) is 0 Å². The van der Waals surface area contributed by atoms with Gasteiger partial charge in [0.1, 0.15) is 13.2 Å². The Kier molecular flexibility index (Phi) is 54.2. The van der Waals surface area contributed by atoms with E-state index >= 15 is 0 Å². The summed E-state index contributed by atoms with van der Waals surface area (Å²) in [7, 11) is 0. The SMILES string of the molecule is CCCCCCC/C=C\CCCCCCCC(=O)OC(COC(=O)CCCCCCCCCCCCC)COC(=O)CCCCCCCCCCCCCCCCCCCCCCCCC. The van der Waals surface area contributed by atoms with E-state index in [-0.39, 0.29) is 31.1 Å². The van der Waals surface area contributed by atoms with Crippen molar-refractivity contribution >= 4 is 17.9 Å². The van der Waals surface area contributed by atoms with Crippen molar-refractivity contribution in [2.75, 3.05) is 13.2 Å². The van der Waals surface area contributed by atoms with E-state index in [4.69, 9.17) is 14.2 Å². The number of esters is 3. The first kappa shape index (κ1) is 64.2. The summed E-state index contributed by atoms with van der Waals surface area (Å²) >= 11 is 0. The highest BCUT2D eigenvalue weighted by atomic mass is 16.6. The van der Waals surface area contributed by atoms with E-state index in [1.165, 1.54) is 231 Å². The van der Waals surface area contributed by atoms with Crippen molar-refractivity contribution in [2.24, 2.45) is 0 Å². The van der Waals surface area contributed by atoms with Gasteiger partial charge < -0.3 is 14.2 Å². The molecule has 0 amide bonds. The Morgan fingerprint density at radius 1 is 0.288 bits per heavy atom. The first-order chi connectivity index (χ1) is 32.5. The smallest absolute Gasteiger partial charge is 0.306 e. The lowest BCUT2D eigenvalue weighted by Crippen LogP contribution is -2.30. The molecule has 0 aliphatic heterocycles. The molecule has 0 aliphatic rings. The van der Waals surface area contributed by atoms with Gasteiger partial charge in [-0.25, -0.2) is 0 Å². The maximum Gasteiger partial charge on any atom is 0.306 e. The summed E-state index contributed by atoms with van der Waals surface area (Å²) < 4.78 is 16.9. The average molecular weight is 932 g/mol. The molecule has 0 saturated carbocycles. The van der Waals surface area contributed by atoms with Crippen LogP contribution in [0.4, 0.5) is 0 Å². The highest BCUT2D eigenvalue weighted by Crippen LogP contribution is 2.17. The third kappa shape index (κ3) is 53.1. The lowest BCUT2D eigenvalue weighted by Gasteiger charge is -2.18. The van der Waals surface area contributed by atoms with E-state index in [9.17, 15) is 14.4 Å². The third-order valence-corrected chi connectivity index (χ3v) is 13.5. The lowest BCUT2D eigenvalue weighted by atomic mass is 10.0. The van der Waals surface area contributed by atoms with E-state index in [0.29, 0.717) is 19.3 Å². The molecule has 6 nitrogen and oxygen atoms in total. The number of unbranched alkanes of at least 4 members (excludes halogenated alkanes) is 42. The molecule has 0 radical (unpaired) electrons. The van der Waals surface area contributed by atoms with Crippen LogP contribution in [0.1, 0.15) is 335 Å². The quantitative estimate of drug-likeness (QED) is 0.0262. The second kappa shape index (κ2) is 55.7. The Morgan fingerprint density at radius 3 is 0.758 bits per heavy atom. The van der Waals surface area contributed by atoms with Gasteiger partial charge in [0, 0.05) is 19.3 Å². The van der Waals surface area contributed by atoms with Gasteiger partial charge in [-0.3, -0.25) is 14.4 Å². The summed E-state index contributed by atoms with van der Waals surface area (Å²) in [4.78, 5) is 38.1. The monoisotopic (exact) mass is 931 g/mol. The van der Waals surface area contributed by atoms with Crippen molar-refractivity contribution in [1.82, 2.24) is 0 Å². The van der Waals surface area contributed by atoms with E-state index in [0.717, 1.165) is 64.2 Å². The molecule has 1 atom stereocenters. The van der Waals surface area contributed by atoms with Crippen molar-refractivity contribution in [3.8, 4) is 0 Å². The van der Waals surface area contributed by atoms with Crippen LogP contribution in [0.3, 0.4) is 0 Å². The fraction of sp³-hybridized carbons (Fsp3) is 0.917. The molecule has 66 heavy (non-hydrogen) atoms. The van der Waals surface area contributed by atoms with Gasteiger partial charge in [-0.1, -0.05) is 283 Å². The minimum Gasteiger partial charge on any atom is -0.462 e. The van der Waals surface area contributed by atoms with Gasteiger partial charge in [0.2, 0.25) is 0 Å². The summed E-state index contributed by atoms with van der Waals surface area (Å²) in [6, 6.07) is 0. The van der Waals surface area contributed by atoms with E-state index in [1.54, 1.807) is 0 Å². The zero-order valence-corrected chi connectivity index (χ0v) is 44.7. The topological polar surface area (TPSA) is 78.9 Å². The van der Waals surface area contributed by atoms with Crippen LogP contribution in [0, 0.1) is 0 Å². The van der Waals surface area contributed by atoms with Crippen LogP contribution in [-0.2, 0) is 28.6 Å². The molecule has 0 saturated heterocycles. The maximum absolute atomic E-state index is 12.8. The van der Waals surface area contributed by atoms with Crippen molar-refractivity contribution in [3.63, 3.8) is 0 Å². The summed E-state index contributed by atoms with van der Waals surface area (Å²) in [5.74, 6) is -0.854. The second-order valence-electron chi connectivity index (χ2n) is 20.3. The largest absolute Gasteiger partial charge is 0.462 e. The van der Waals surface area contributed by atoms with Crippen LogP contribution in [0.25, 0.3) is 0 Å². The van der Waals surface area contributed by atoms with Gasteiger partial charge >= 0.3 is 17.9 Å². The number of allylic oxidation sites excluding steroid dienone is 2. The Hall–Kier alpha value is -1.85. The zero-order valence-electron chi connectivity index (χ0n) is 44.7. The van der Waals surface area contributed by atoms with Gasteiger partial charge in [0.15, 0.2) is 6.10 Å². The Balaban J connectivity index is 4.19. The van der Waals surface area contributed by atoms with Crippen LogP contribution in [0.15, 0.2) is 12.2 Å². The van der Waals surface area contributed by atoms with Crippen molar-refractivity contribution in [3.05, 3.63) is 12.2 Å². The number of rotatable bonds is 55. The minimum atomic E-state index is -0.768. The van der Waals surface area contributed by atoms with Gasteiger partial charge in [0.05, 0.1) is 0 Å². The fourth-order valence-electron chi connectivity index (χ4n) is 9.03. The van der Waals surface area contributed by atoms with Crippen LogP contribution in [-0.4, -0.2) is 37.2 Å². The minimum absolute atomic E-state index is 0.0675. The molecule has 390 valence electrons. The first-order valence-corrected chi connectivity index (χ1v) is 29.7. The van der Waals surface area contributed by atoms with Crippen molar-refractivity contribution in [2.45, 2.75) is 341 Å². The molecule has 1 unspecified atom stereocenters. The molecule has 0 N–H and O–H groups in total. The first-order valence-electron chi connectivity index (χ1n) is 29.7. The Bertz CT molecular complexity index is 1020. The molecule has 0 fully saturated rings. The maximum atomic E-state index is 12.8. The van der Waals surface area contributed by atoms with Gasteiger partial charge in [-0.15, -0.1) is 0 Å². The number of hydrogen-bond donors (Lipinski definition) is 0. The number of ether oxygens (including phenoxy) is 3. The molecule has 0 rings (SSSR count). The van der Waals surface area contributed by atoms with Crippen LogP contribution >= 0.6 is 0 Å². The standard InChI is InChI=1S/C60H114O6/c1-4-7-10-13-16-19-22-24-26-27-28-29-30-31-32-33-34-36-38-41-44-47-50-53-59(62)65-56-57(55-64-58(61)52-49-46-43-40-37-21-18-15-12-9-6-3)66-60(63)54-51-48-45-42-39-35-25-23-20-17-14-11-8-5-2/h23,25,57H,4-22,24,26-56H2,1-3H3/b25-23-.